The van der Waals surface area contributed by atoms with Crippen LogP contribution in [0.25, 0.3) is 0 Å². The summed E-state index contributed by atoms with van der Waals surface area (Å²) in [6.07, 6.45) is 1.59. The monoisotopic (exact) mass is 258 g/mol. The summed E-state index contributed by atoms with van der Waals surface area (Å²) in [6, 6.07) is 0.761. The topological polar surface area (TPSA) is 43.8 Å². The molecule has 2 saturated heterocycles. The third-order valence-electron chi connectivity index (χ3n) is 3.74. The van der Waals surface area contributed by atoms with Gasteiger partial charge in [-0.25, -0.2) is 0 Å². The lowest BCUT2D eigenvalue weighted by atomic mass is 10.1. The Balaban J connectivity index is 1.69. The first-order chi connectivity index (χ1) is 8.15. The molecule has 2 aliphatic heterocycles. The van der Waals surface area contributed by atoms with Gasteiger partial charge in [-0.05, 0) is 6.42 Å². The average molecular weight is 258 g/mol. The molecule has 2 fully saturated rings. The van der Waals surface area contributed by atoms with Crippen molar-refractivity contribution < 1.29 is 9.90 Å². The normalized spacial score (nSPS) is 31.8. The van der Waals surface area contributed by atoms with Gasteiger partial charge in [-0.15, -0.1) is 0 Å². The molecular formula is C12H22N2O2S. The van der Waals surface area contributed by atoms with Crippen molar-refractivity contribution in [2.45, 2.75) is 31.1 Å². The summed E-state index contributed by atoms with van der Waals surface area (Å²) in [5.41, 5.74) is 0. The van der Waals surface area contributed by atoms with Crippen molar-refractivity contribution in [1.29, 1.82) is 0 Å². The summed E-state index contributed by atoms with van der Waals surface area (Å²) < 4.78 is 0. The summed E-state index contributed by atoms with van der Waals surface area (Å²) in [6.45, 7) is 7.30. The van der Waals surface area contributed by atoms with E-state index >= 15 is 0 Å². The van der Waals surface area contributed by atoms with Crippen LogP contribution in [0.1, 0.15) is 19.8 Å². The third-order valence-corrected chi connectivity index (χ3v) is 5.08. The molecule has 98 valence electrons. The number of hydrogen-bond acceptors (Lipinski definition) is 4. The molecule has 0 amide bonds. The maximum atomic E-state index is 10.5. The van der Waals surface area contributed by atoms with Gasteiger partial charge in [-0.3, -0.25) is 9.69 Å². The lowest BCUT2D eigenvalue weighted by Gasteiger charge is -2.37. The molecule has 2 unspecified atom stereocenters. The standard InChI is InChI=1S/C12H22N2O2S/c1-10-8-11(9-17-10)14-6-4-13(5-7-14)3-2-12(15)16/h10-11H,2-9H2,1H3,(H,15,16). The predicted molar refractivity (Wildman–Crippen MR) is 70.6 cm³/mol. The van der Waals surface area contributed by atoms with E-state index in [1.807, 2.05) is 0 Å². The van der Waals surface area contributed by atoms with Gasteiger partial charge < -0.3 is 10.0 Å². The molecule has 4 nitrogen and oxygen atoms in total. The van der Waals surface area contributed by atoms with Crippen LogP contribution in [0.2, 0.25) is 0 Å². The highest BCUT2D eigenvalue weighted by atomic mass is 32.2. The SMILES string of the molecule is CC1CC(N2CCN(CCC(=O)O)CC2)CS1. The Morgan fingerprint density at radius 2 is 2.06 bits per heavy atom. The minimum absolute atomic E-state index is 0.274. The first-order valence-electron chi connectivity index (χ1n) is 6.45. The van der Waals surface area contributed by atoms with E-state index in [9.17, 15) is 4.79 Å². The summed E-state index contributed by atoms with van der Waals surface area (Å²) in [5.74, 6) is 0.587. The summed E-state index contributed by atoms with van der Waals surface area (Å²) in [4.78, 5) is 15.4. The van der Waals surface area contributed by atoms with Crippen LogP contribution in [-0.2, 0) is 4.79 Å². The van der Waals surface area contributed by atoms with E-state index in [-0.39, 0.29) is 6.42 Å². The molecule has 0 saturated carbocycles. The first-order valence-corrected chi connectivity index (χ1v) is 7.50. The van der Waals surface area contributed by atoms with E-state index in [4.69, 9.17) is 5.11 Å². The number of thioether (sulfide) groups is 1. The summed E-state index contributed by atoms with van der Waals surface area (Å²) in [5, 5.41) is 9.47. The van der Waals surface area contributed by atoms with Crippen LogP contribution in [0.5, 0.6) is 0 Å². The van der Waals surface area contributed by atoms with Gasteiger partial charge in [0.15, 0.2) is 0 Å². The molecule has 2 rings (SSSR count). The van der Waals surface area contributed by atoms with Crippen LogP contribution in [0.15, 0.2) is 0 Å². The summed E-state index contributed by atoms with van der Waals surface area (Å²) in [7, 11) is 0. The van der Waals surface area contributed by atoms with E-state index in [0.29, 0.717) is 6.54 Å². The maximum Gasteiger partial charge on any atom is 0.304 e. The predicted octanol–water partition coefficient (Wildman–Crippen LogP) is 0.973. The zero-order chi connectivity index (χ0) is 12.3. The molecule has 0 aromatic carbocycles. The smallest absolute Gasteiger partial charge is 0.304 e. The second-order valence-corrected chi connectivity index (χ2v) is 6.53. The molecule has 0 bridgehead atoms. The maximum absolute atomic E-state index is 10.5. The highest BCUT2D eigenvalue weighted by molar-refractivity contribution is 8.00. The van der Waals surface area contributed by atoms with Crippen molar-refractivity contribution in [2.24, 2.45) is 0 Å². The van der Waals surface area contributed by atoms with Crippen molar-refractivity contribution >= 4 is 17.7 Å². The summed E-state index contributed by atoms with van der Waals surface area (Å²) >= 11 is 2.08. The molecular weight excluding hydrogens is 236 g/mol. The fourth-order valence-electron chi connectivity index (χ4n) is 2.65. The number of carbonyl (C=O) groups is 1. The van der Waals surface area contributed by atoms with E-state index < -0.39 is 5.97 Å². The van der Waals surface area contributed by atoms with Gasteiger partial charge in [0.05, 0.1) is 6.42 Å². The van der Waals surface area contributed by atoms with Gasteiger partial charge in [0.2, 0.25) is 0 Å². The van der Waals surface area contributed by atoms with Crippen molar-refractivity contribution in [3.63, 3.8) is 0 Å². The fraction of sp³-hybridized carbons (Fsp3) is 0.917. The number of hydrogen-bond donors (Lipinski definition) is 1. The minimum atomic E-state index is -0.687. The molecule has 0 spiro atoms. The van der Waals surface area contributed by atoms with Crippen LogP contribution >= 0.6 is 11.8 Å². The molecule has 0 aliphatic carbocycles. The van der Waals surface area contributed by atoms with Crippen LogP contribution in [-0.4, -0.2) is 70.6 Å². The molecule has 17 heavy (non-hydrogen) atoms. The average Bonchev–Trinajstić information content (AvgIpc) is 2.74. The number of rotatable bonds is 4. The Morgan fingerprint density at radius 3 is 2.59 bits per heavy atom. The number of piperazine rings is 1. The fourth-order valence-corrected chi connectivity index (χ4v) is 3.91. The van der Waals surface area contributed by atoms with Crippen LogP contribution in [0, 0.1) is 0 Å². The van der Waals surface area contributed by atoms with E-state index in [1.54, 1.807) is 0 Å². The number of nitrogens with zero attached hydrogens (tertiary/aromatic N) is 2. The van der Waals surface area contributed by atoms with Crippen LogP contribution in [0.4, 0.5) is 0 Å². The van der Waals surface area contributed by atoms with Crippen molar-refractivity contribution in [3.8, 4) is 0 Å². The molecule has 0 radical (unpaired) electrons. The Morgan fingerprint density at radius 1 is 1.35 bits per heavy atom. The number of aliphatic carboxylic acids is 1. The highest BCUT2D eigenvalue weighted by Crippen LogP contribution is 2.29. The Hall–Kier alpha value is -0.260. The molecule has 2 heterocycles. The number of carboxylic acid groups (broad SMARTS) is 1. The molecule has 1 N–H and O–H groups in total. The Labute approximate surface area is 107 Å². The van der Waals surface area contributed by atoms with Gasteiger partial charge in [0.1, 0.15) is 0 Å². The van der Waals surface area contributed by atoms with E-state index in [0.717, 1.165) is 37.5 Å². The zero-order valence-electron chi connectivity index (χ0n) is 10.5. The quantitative estimate of drug-likeness (QED) is 0.814. The van der Waals surface area contributed by atoms with E-state index in [2.05, 4.69) is 28.5 Å². The zero-order valence-corrected chi connectivity index (χ0v) is 11.3. The molecule has 2 atom stereocenters. The molecule has 0 aromatic rings. The Kier molecular flexibility index (Phi) is 4.70. The van der Waals surface area contributed by atoms with Crippen molar-refractivity contribution in [1.82, 2.24) is 9.80 Å². The van der Waals surface area contributed by atoms with Gasteiger partial charge in [0.25, 0.3) is 0 Å². The largest absolute Gasteiger partial charge is 0.481 e. The van der Waals surface area contributed by atoms with Gasteiger partial charge in [-0.2, -0.15) is 11.8 Å². The van der Waals surface area contributed by atoms with Crippen LogP contribution < -0.4 is 0 Å². The molecule has 0 aromatic heterocycles. The first kappa shape index (κ1) is 13.2. The minimum Gasteiger partial charge on any atom is -0.481 e. The molecule has 5 heteroatoms. The molecule has 2 aliphatic rings. The lowest BCUT2D eigenvalue weighted by molar-refractivity contribution is -0.137. The second kappa shape index (κ2) is 6.07. The van der Waals surface area contributed by atoms with Gasteiger partial charge in [-0.1, -0.05) is 6.92 Å². The van der Waals surface area contributed by atoms with Crippen LogP contribution in [0.3, 0.4) is 0 Å². The van der Waals surface area contributed by atoms with Gasteiger partial charge >= 0.3 is 5.97 Å². The second-order valence-electron chi connectivity index (χ2n) is 5.05. The lowest BCUT2D eigenvalue weighted by Crippen LogP contribution is -2.50. The third kappa shape index (κ3) is 3.86. The van der Waals surface area contributed by atoms with Crippen molar-refractivity contribution in [2.75, 3.05) is 38.5 Å². The number of carboxylic acids is 1. The van der Waals surface area contributed by atoms with E-state index in [1.165, 1.54) is 12.2 Å². The highest BCUT2D eigenvalue weighted by Gasteiger charge is 2.29. The van der Waals surface area contributed by atoms with Gasteiger partial charge in [0, 0.05) is 49.8 Å². The van der Waals surface area contributed by atoms with Crippen molar-refractivity contribution in [3.05, 3.63) is 0 Å². The Bertz CT molecular complexity index is 267.